The molecule has 0 spiro atoms. The van der Waals surface area contributed by atoms with Crippen molar-refractivity contribution in [2.75, 3.05) is 111 Å². The topological polar surface area (TPSA) is 345 Å². The van der Waals surface area contributed by atoms with Crippen LogP contribution in [0.2, 0.25) is 0 Å². The summed E-state index contributed by atoms with van der Waals surface area (Å²) in [4.78, 5) is 194. The fourth-order valence-electron chi connectivity index (χ4n) is 14.6. The second kappa shape index (κ2) is 50.5. The first kappa shape index (κ1) is 95.7. The first-order valence-electron chi connectivity index (χ1n) is 42.2. The highest BCUT2D eigenvalue weighted by Gasteiger charge is 2.37. The van der Waals surface area contributed by atoms with Gasteiger partial charge in [0.15, 0.2) is 0 Å². The minimum absolute atomic E-state index is 0.00858. The maximum atomic E-state index is 15.5. The van der Waals surface area contributed by atoms with Crippen LogP contribution in [-0.2, 0) is 83.7 Å². The fourth-order valence-corrected chi connectivity index (χ4v) is 14.6. The number of nitrogens with two attached hydrogens (primary N) is 4. The minimum atomic E-state index is -0.760. The van der Waals surface area contributed by atoms with Crippen LogP contribution in [0.4, 0.5) is 0 Å². The molecule has 8 rings (SSSR count). The Morgan fingerprint density at radius 3 is 0.667 bits per heavy atom. The van der Waals surface area contributed by atoms with Gasteiger partial charge >= 0.3 is 0 Å². The number of hydrogen-bond acceptors (Lipinski definition) is 15. The summed E-state index contributed by atoms with van der Waals surface area (Å²) in [5.41, 5.74) is 29.4. The monoisotopic (exact) mass is 1680 g/mol. The predicted octanol–water partition coefficient (Wildman–Crippen LogP) is 8.67. The second-order valence-corrected chi connectivity index (χ2v) is 30.9. The van der Waals surface area contributed by atoms with Crippen LogP contribution in [0.25, 0.3) is 0 Å². The van der Waals surface area contributed by atoms with Crippen LogP contribution in [0.5, 0.6) is 0 Å². The number of unbranched alkanes of at least 4 members (excludes halogenated alkanes) is 3. The Hall–Kier alpha value is -12.7. The van der Waals surface area contributed by atoms with Crippen LogP contribution in [-0.4, -0.2) is 236 Å². The quantitative estimate of drug-likeness (QED) is 0.0259. The summed E-state index contributed by atoms with van der Waals surface area (Å²) >= 11 is 0. The van der Waals surface area contributed by atoms with E-state index < -0.39 is 155 Å². The Morgan fingerprint density at radius 1 is 0.236 bits per heavy atom. The van der Waals surface area contributed by atoms with Gasteiger partial charge in [0.05, 0.1) is 50.3 Å². The highest BCUT2D eigenvalue weighted by molar-refractivity contribution is 5.95. The van der Waals surface area contributed by atoms with E-state index in [0.717, 1.165) is 16.7 Å². The molecule has 0 aliphatic rings. The van der Waals surface area contributed by atoms with Gasteiger partial charge in [0.2, 0.25) is 70.9 Å². The molecular weight excluding hydrogens is 1560 g/mol. The zero-order valence-electron chi connectivity index (χ0n) is 71.6. The summed E-state index contributed by atoms with van der Waals surface area (Å²) in [7, 11) is 0. The Kier molecular flexibility index (Phi) is 39.3. The van der Waals surface area contributed by atoms with Gasteiger partial charge in [-0.05, 0) is 130 Å². The lowest BCUT2D eigenvalue weighted by Crippen LogP contribution is -2.53. The van der Waals surface area contributed by atoms with E-state index in [1.807, 2.05) is 122 Å². The van der Waals surface area contributed by atoms with Crippen molar-refractivity contribution < 1.29 is 57.5 Å². The van der Waals surface area contributed by atoms with Crippen LogP contribution in [0.3, 0.4) is 0 Å². The van der Waals surface area contributed by atoms with Gasteiger partial charge in [0.1, 0.15) is 45.8 Å². The fraction of sp³-hybridized carbons (Fsp3) is 0.375. The molecule has 0 fully saturated rings. The van der Waals surface area contributed by atoms with Crippen LogP contribution >= 0.6 is 0 Å². The molecule has 12 amide bonds. The van der Waals surface area contributed by atoms with Crippen LogP contribution in [0.1, 0.15) is 142 Å². The lowest BCUT2D eigenvalue weighted by Gasteiger charge is -2.35. The van der Waals surface area contributed by atoms with Gasteiger partial charge in [-0.1, -0.05) is 243 Å². The first-order valence-corrected chi connectivity index (χ1v) is 42.2. The van der Waals surface area contributed by atoms with E-state index in [4.69, 9.17) is 22.9 Å². The van der Waals surface area contributed by atoms with Crippen molar-refractivity contribution in [3.8, 4) is 0 Å². The number of rotatable bonds is 50. The molecular formula is C96H121N15O12. The molecule has 0 aliphatic carbocycles. The molecule has 8 aromatic carbocycles. The van der Waals surface area contributed by atoms with Crippen LogP contribution in [0, 0.1) is 0 Å². The second-order valence-electron chi connectivity index (χ2n) is 30.9. The number of amides is 12. The molecule has 0 heterocycles. The van der Waals surface area contributed by atoms with E-state index in [2.05, 4.69) is 0 Å². The van der Waals surface area contributed by atoms with Gasteiger partial charge in [0, 0.05) is 52.7 Å². The highest BCUT2D eigenvalue weighted by atomic mass is 16.2. The van der Waals surface area contributed by atoms with E-state index in [-0.39, 0.29) is 77.9 Å². The predicted molar refractivity (Wildman–Crippen MR) is 473 cm³/mol. The van der Waals surface area contributed by atoms with E-state index in [1.54, 1.807) is 148 Å². The molecule has 27 heteroatoms. The number of hydrogen-bond donors (Lipinski definition) is 4. The largest absolute Gasteiger partial charge is 0.368 e. The third-order valence-corrected chi connectivity index (χ3v) is 21.9. The van der Waals surface area contributed by atoms with Gasteiger partial charge in [-0.3, -0.25) is 57.5 Å². The summed E-state index contributed by atoms with van der Waals surface area (Å²) in [5.74, 6) is -7.26. The molecule has 0 aliphatic heterocycles. The van der Waals surface area contributed by atoms with Gasteiger partial charge in [-0.2, -0.15) is 0 Å². The Balaban J connectivity index is 1.07. The summed E-state index contributed by atoms with van der Waals surface area (Å²) in [6, 6.07) is 69.8. The Bertz CT molecular complexity index is 4660. The molecule has 8 aromatic rings. The van der Waals surface area contributed by atoms with Crippen molar-refractivity contribution in [2.24, 2.45) is 22.9 Å². The average Bonchev–Trinajstić information content (AvgIpc) is 0.829. The Morgan fingerprint density at radius 2 is 0.423 bits per heavy atom. The molecule has 123 heavy (non-hydrogen) atoms. The standard InChI is InChI=1S/C96H121N15O12/c1-73(82-44-22-10-23-45-82)108(77(5)112)71-95(122)110(75(3)84-48-26-12-27-49-84)70-93(120)102(56-34-31-53-98)64-90(117)107(61-81-42-20-9-21-43-81)68-91(118)104(58-78-36-14-6-15-37-78)65-87(114)101(55-33-30-52-97)63-89(116)106(60-80-40-18-8-19-41-80)67-92(119)105(59-79-38-16-7-17-39-79)66-88(115)103(57-35-32-54-99)69-94(121)111(76(4)85-50-28-13-29-51-85)72-96(123)109(62-86(100)113)74(2)83-46-24-11-25-47-83/h6-29,36-51,73-76H,30-35,52-72,97-99H2,1-5H3,(H2,100,113)/t73-,74-,75-,76-/m0/s1. The number of carbonyl (C=O) groups is 12. The maximum Gasteiger partial charge on any atom is 0.243 e. The minimum Gasteiger partial charge on any atom is -0.368 e. The van der Waals surface area contributed by atoms with Crippen molar-refractivity contribution in [2.45, 2.75) is 123 Å². The zero-order valence-corrected chi connectivity index (χ0v) is 71.6. The molecule has 27 nitrogen and oxygen atoms in total. The highest BCUT2D eigenvalue weighted by Crippen LogP contribution is 2.28. The number of primary amides is 1. The summed E-state index contributed by atoms with van der Waals surface area (Å²) < 4.78 is 0. The molecule has 0 saturated carbocycles. The molecule has 0 unspecified atom stereocenters. The number of benzene rings is 8. The molecule has 8 N–H and O–H groups in total. The number of nitrogens with zero attached hydrogens (tertiary/aromatic N) is 11. The van der Waals surface area contributed by atoms with Crippen molar-refractivity contribution in [3.63, 3.8) is 0 Å². The molecule has 0 aromatic heterocycles. The van der Waals surface area contributed by atoms with E-state index >= 15 is 38.4 Å². The molecule has 0 bridgehead atoms. The summed E-state index contributed by atoms with van der Waals surface area (Å²) in [6.07, 6.45) is 2.47. The van der Waals surface area contributed by atoms with Gasteiger partial charge < -0.3 is 76.8 Å². The van der Waals surface area contributed by atoms with Crippen LogP contribution in [0.15, 0.2) is 243 Å². The van der Waals surface area contributed by atoms with Crippen molar-refractivity contribution in [1.29, 1.82) is 0 Å². The third-order valence-electron chi connectivity index (χ3n) is 21.9. The van der Waals surface area contributed by atoms with E-state index in [1.165, 1.54) is 60.8 Å². The zero-order chi connectivity index (χ0) is 88.6. The average molecular weight is 1680 g/mol. The lowest BCUT2D eigenvalue weighted by atomic mass is 10.1. The third kappa shape index (κ3) is 30.7. The molecule has 0 radical (unpaired) electrons. The summed E-state index contributed by atoms with van der Waals surface area (Å²) in [5, 5.41) is 0. The molecule has 652 valence electrons. The van der Waals surface area contributed by atoms with Crippen LogP contribution < -0.4 is 22.9 Å². The van der Waals surface area contributed by atoms with Crippen molar-refractivity contribution in [3.05, 3.63) is 287 Å². The van der Waals surface area contributed by atoms with E-state index in [9.17, 15) is 19.2 Å². The SMILES string of the molecule is CC(=O)N(CC(=O)N(CC(=O)N(CCCCN)CC(=O)N(CC(=O)N(CC(=O)N(CCCCN)CC(=O)N(CC(=O)N(CC(=O)N(CCCCN)CC(=O)N(CC(=O)N(CC(N)=O)[C@@H](C)c1ccccc1)[C@@H](C)c1ccccc1)Cc1ccccc1)Cc1ccccc1)Cc1ccccc1)Cc1ccccc1)[C@@H](C)c1ccccc1)[C@@H](C)c1ccccc1. The van der Waals surface area contributed by atoms with Gasteiger partial charge in [-0.25, -0.2) is 0 Å². The van der Waals surface area contributed by atoms with Gasteiger partial charge in [-0.15, -0.1) is 0 Å². The van der Waals surface area contributed by atoms with Crippen molar-refractivity contribution in [1.82, 2.24) is 53.9 Å². The van der Waals surface area contributed by atoms with E-state index in [0.29, 0.717) is 66.3 Å². The normalized spacial score (nSPS) is 11.9. The van der Waals surface area contributed by atoms with Crippen molar-refractivity contribution >= 4 is 70.9 Å². The number of carbonyl (C=O) groups excluding carboxylic acids is 12. The molecule has 4 atom stereocenters. The molecule has 0 saturated heterocycles. The smallest absolute Gasteiger partial charge is 0.243 e. The lowest BCUT2D eigenvalue weighted by molar-refractivity contribution is -0.150. The Labute approximate surface area is 723 Å². The maximum absolute atomic E-state index is 15.5. The summed E-state index contributed by atoms with van der Waals surface area (Å²) in [6.45, 7) is 3.14. The first-order chi connectivity index (χ1) is 59.4. The van der Waals surface area contributed by atoms with Gasteiger partial charge in [0.25, 0.3) is 0 Å².